The van der Waals surface area contributed by atoms with Crippen molar-refractivity contribution in [2.45, 2.75) is 19.0 Å². The van der Waals surface area contributed by atoms with Gasteiger partial charge in [0.1, 0.15) is 0 Å². The summed E-state index contributed by atoms with van der Waals surface area (Å²) in [5.74, 6) is -3.29. The molecule has 0 heterocycles. The highest BCUT2D eigenvalue weighted by molar-refractivity contribution is 5.28. The fourth-order valence-electron chi connectivity index (χ4n) is 1.29. The largest absolute Gasteiger partial charge is 0.419 e. The number of halogens is 5. The molecule has 0 bridgehead atoms. The molecule has 0 saturated carbocycles. The van der Waals surface area contributed by atoms with Crippen molar-refractivity contribution < 1.29 is 22.0 Å². The first-order valence-electron chi connectivity index (χ1n) is 4.62. The SMILES string of the molecule is NCCCc1ccc(C(F)(F)F)c(F)c1F. The molecule has 0 aliphatic rings. The van der Waals surface area contributed by atoms with E-state index in [1.54, 1.807) is 0 Å². The van der Waals surface area contributed by atoms with Gasteiger partial charge in [-0.2, -0.15) is 13.2 Å². The molecule has 0 saturated heterocycles. The summed E-state index contributed by atoms with van der Waals surface area (Å²) in [6.45, 7) is 0.266. The van der Waals surface area contributed by atoms with E-state index in [4.69, 9.17) is 5.73 Å². The normalized spacial score (nSPS) is 11.9. The predicted octanol–water partition coefficient (Wildman–Crippen LogP) is 2.87. The van der Waals surface area contributed by atoms with Gasteiger partial charge < -0.3 is 5.73 Å². The van der Waals surface area contributed by atoms with Gasteiger partial charge in [-0.25, -0.2) is 8.78 Å². The molecule has 0 aliphatic heterocycles. The zero-order valence-corrected chi connectivity index (χ0v) is 8.24. The van der Waals surface area contributed by atoms with Crippen molar-refractivity contribution in [3.05, 3.63) is 34.9 Å². The minimum atomic E-state index is -4.88. The van der Waals surface area contributed by atoms with Crippen LogP contribution in [0, 0.1) is 11.6 Å². The van der Waals surface area contributed by atoms with Crippen molar-refractivity contribution in [3.63, 3.8) is 0 Å². The Morgan fingerprint density at radius 3 is 2.19 bits per heavy atom. The van der Waals surface area contributed by atoms with Crippen LogP contribution < -0.4 is 5.73 Å². The second-order valence-electron chi connectivity index (χ2n) is 3.29. The van der Waals surface area contributed by atoms with Gasteiger partial charge in [0.15, 0.2) is 11.6 Å². The molecule has 2 N–H and O–H groups in total. The molecule has 1 rings (SSSR count). The third-order valence-corrected chi connectivity index (χ3v) is 2.12. The maximum atomic E-state index is 13.2. The topological polar surface area (TPSA) is 26.0 Å². The van der Waals surface area contributed by atoms with E-state index in [1.807, 2.05) is 0 Å². The summed E-state index contributed by atoms with van der Waals surface area (Å²) < 4.78 is 62.8. The molecule has 0 unspecified atom stereocenters. The fraction of sp³-hybridized carbons (Fsp3) is 0.400. The Morgan fingerprint density at radius 2 is 1.69 bits per heavy atom. The van der Waals surface area contributed by atoms with Crippen LogP contribution in [-0.4, -0.2) is 6.54 Å². The second kappa shape index (κ2) is 4.78. The average Bonchev–Trinajstić information content (AvgIpc) is 2.18. The molecule has 0 radical (unpaired) electrons. The van der Waals surface area contributed by atoms with Gasteiger partial charge >= 0.3 is 6.18 Å². The van der Waals surface area contributed by atoms with Gasteiger partial charge in [-0.05, 0) is 31.0 Å². The quantitative estimate of drug-likeness (QED) is 0.806. The first-order valence-corrected chi connectivity index (χ1v) is 4.62. The molecule has 1 aromatic rings. The molecule has 0 aromatic heterocycles. The molecular formula is C10H10F5N. The number of hydrogen-bond donors (Lipinski definition) is 1. The lowest BCUT2D eigenvalue weighted by atomic mass is 10.1. The van der Waals surface area contributed by atoms with E-state index in [9.17, 15) is 22.0 Å². The number of rotatable bonds is 3. The summed E-state index contributed by atoms with van der Waals surface area (Å²) in [7, 11) is 0. The van der Waals surface area contributed by atoms with Crippen LogP contribution >= 0.6 is 0 Å². The van der Waals surface area contributed by atoms with Crippen LogP contribution in [0.1, 0.15) is 17.5 Å². The molecule has 16 heavy (non-hydrogen) atoms. The number of alkyl halides is 3. The first-order chi connectivity index (χ1) is 7.38. The lowest BCUT2D eigenvalue weighted by Crippen LogP contribution is -2.11. The Balaban J connectivity index is 3.08. The maximum Gasteiger partial charge on any atom is 0.419 e. The molecule has 0 spiro atoms. The summed E-state index contributed by atoms with van der Waals surface area (Å²) in [4.78, 5) is 0. The molecule has 1 nitrogen and oxygen atoms in total. The Hall–Kier alpha value is -1.17. The van der Waals surface area contributed by atoms with E-state index >= 15 is 0 Å². The van der Waals surface area contributed by atoms with Crippen LogP contribution in [0.15, 0.2) is 12.1 Å². The fourth-order valence-corrected chi connectivity index (χ4v) is 1.29. The molecule has 0 aliphatic carbocycles. The van der Waals surface area contributed by atoms with E-state index < -0.39 is 23.4 Å². The smallest absolute Gasteiger partial charge is 0.330 e. The Morgan fingerprint density at radius 1 is 1.06 bits per heavy atom. The summed E-state index contributed by atoms with van der Waals surface area (Å²) in [6, 6.07) is 1.49. The van der Waals surface area contributed by atoms with Crippen molar-refractivity contribution in [2.75, 3.05) is 6.54 Å². The minimum Gasteiger partial charge on any atom is -0.330 e. The summed E-state index contributed by atoms with van der Waals surface area (Å²) in [5.41, 5.74) is 3.50. The zero-order valence-electron chi connectivity index (χ0n) is 8.24. The van der Waals surface area contributed by atoms with Crippen LogP contribution in [0.5, 0.6) is 0 Å². The average molecular weight is 239 g/mol. The molecular weight excluding hydrogens is 229 g/mol. The van der Waals surface area contributed by atoms with Crippen molar-refractivity contribution in [3.8, 4) is 0 Å². The first kappa shape index (κ1) is 12.9. The highest BCUT2D eigenvalue weighted by atomic mass is 19.4. The highest BCUT2D eigenvalue weighted by Crippen LogP contribution is 2.33. The van der Waals surface area contributed by atoms with Gasteiger partial charge in [0.05, 0.1) is 5.56 Å². The van der Waals surface area contributed by atoms with Crippen molar-refractivity contribution in [1.29, 1.82) is 0 Å². The van der Waals surface area contributed by atoms with Crippen LogP contribution in [0.3, 0.4) is 0 Å². The molecule has 0 amide bonds. The Kier molecular flexibility index (Phi) is 3.85. The molecule has 1 aromatic carbocycles. The van der Waals surface area contributed by atoms with Gasteiger partial charge in [0, 0.05) is 0 Å². The van der Waals surface area contributed by atoms with E-state index in [0.717, 1.165) is 6.07 Å². The number of benzene rings is 1. The predicted molar refractivity (Wildman–Crippen MR) is 48.7 cm³/mol. The zero-order chi connectivity index (χ0) is 12.3. The van der Waals surface area contributed by atoms with Gasteiger partial charge in [-0.15, -0.1) is 0 Å². The third-order valence-electron chi connectivity index (χ3n) is 2.12. The maximum absolute atomic E-state index is 13.2. The number of aryl methyl sites for hydroxylation is 1. The lowest BCUT2D eigenvalue weighted by molar-refractivity contribution is -0.140. The molecule has 90 valence electrons. The van der Waals surface area contributed by atoms with Crippen molar-refractivity contribution in [2.24, 2.45) is 5.73 Å². The van der Waals surface area contributed by atoms with Gasteiger partial charge in [0.2, 0.25) is 0 Å². The number of nitrogens with two attached hydrogens (primary N) is 1. The molecule has 0 atom stereocenters. The highest BCUT2D eigenvalue weighted by Gasteiger charge is 2.35. The monoisotopic (exact) mass is 239 g/mol. The van der Waals surface area contributed by atoms with Crippen molar-refractivity contribution >= 4 is 0 Å². The van der Waals surface area contributed by atoms with E-state index in [2.05, 4.69) is 0 Å². The standard InChI is InChI=1S/C10H10F5N/c11-8-6(2-1-5-16)3-4-7(9(8)12)10(13,14)15/h3-4H,1-2,5,16H2. The van der Waals surface area contributed by atoms with Gasteiger partial charge in [-0.3, -0.25) is 0 Å². The van der Waals surface area contributed by atoms with E-state index in [1.165, 1.54) is 0 Å². The van der Waals surface area contributed by atoms with E-state index in [-0.39, 0.29) is 18.5 Å². The van der Waals surface area contributed by atoms with Crippen LogP contribution in [0.4, 0.5) is 22.0 Å². The lowest BCUT2D eigenvalue weighted by Gasteiger charge is -2.10. The van der Waals surface area contributed by atoms with Gasteiger partial charge in [0.25, 0.3) is 0 Å². The van der Waals surface area contributed by atoms with Crippen LogP contribution in [0.2, 0.25) is 0 Å². The van der Waals surface area contributed by atoms with Crippen molar-refractivity contribution in [1.82, 2.24) is 0 Å². The third kappa shape index (κ3) is 2.69. The van der Waals surface area contributed by atoms with Crippen LogP contribution in [-0.2, 0) is 12.6 Å². The second-order valence-corrected chi connectivity index (χ2v) is 3.29. The summed E-state index contributed by atoms with van der Waals surface area (Å²) >= 11 is 0. The Bertz CT molecular complexity index is 372. The summed E-state index contributed by atoms with van der Waals surface area (Å²) in [6.07, 6.45) is -4.36. The Labute approximate surface area is 89.1 Å². The van der Waals surface area contributed by atoms with E-state index in [0.29, 0.717) is 12.5 Å². The molecule has 0 fully saturated rings. The van der Waals surface area contributed by atoms with Crippen LogP contribution in [0.25, 0.3) is 0 Å². The molecule has 6 heteroatoms. The summed E-state index contributed by atoms with van der Waals surface area (Å²) in [5, 5.41) is 0. The van der Waals surface area contributed by atoms with Gasteiger partial charge in [-0.1, -0.05) is 6.07 Å². The number of hydrogen-bond acceptors (Lipinski definition) is 1. The minimum absolute atomic E-state index is 0.0871.